The number of nitrogens with zero attached hydrogens (tertiary/aromatic N) is 2. The molecule has 6 heteroatoms. The minimum Gasteiger partial charge on any atom is -0.355 e. The minimum absolute atomic E-state index is 0. The molecule has 0 aromatic carbocycles. The van der Waals surface area contributed by atoms with Crippen molar-refractivity contribution in [3.05, 3.63) is 0 Å². The van der Waals surface area contributed by atoms with E-state index in [9.17, 15) is 0 Å². The molecule has 2 atom stereocenters. The van der Waals surface area contributed by atoms with Crippen molar-refractivity contribution in [1.82, 2.24) is 15.5 Å². The summed E-state index contributed by atoms with van der Waals surface area (Å²) in [6.45, 7) is 7.00. The van der Waals surface area contributed by atoms with E-state index in [0.29, 0.717) is 6.04 Å². The van der Waals surface area contributed by atoms with Gasteiger partial charge >= 0.3 is 0 Å². The summed E-state index contributed by atoms with van der Waals surface area (Å²) in [6.07, 6.45) is 8.81. The first-order valence-corrected chi connectivity index (χ1v) is 9.72. The topological polar surface area (TPSA) is 39.7 Å². The van der Waals surface area contributed by atoms with Crippen LogP contribution in [0.5, 0.6) is 0 Å². The van der Waals surface area contributed by atoms with Gasteiger partial charge in [-0.25, -0.2) is 0 Å². The first-order chi connectivity index (χ1) is 10.2. The molecule has 0 aromatic rings. The zero-order valence-corrected chi connectivity index (χ0v) is 17.5. The summed E-state index contributed by atoms with van der Waals surface area (Å²) in [7, 11) is 1.87. The fourth-order valence-corrected chi connectivity index (χ4v) is 4.09. The van der Waals surface area contributed by atoms with Crippen molar-refractivity contribution in [2.75, 3.05) is 39.5 Å². The van der Waals surface area contributed by atoms with Gasteiger partial charge < -0.3 is 15.5 Å². The molecule has 2 rings (SSSR count). The van der Waals surface area contributed by atoms with E-state index in [1.165, 1.54) is 45.2 Å². The monoisotopic (exact) mass is 440 g/mol. The molecule has 0 spiro atoms. The lowest BCUT2D eigenvalue weighted by atomic mass is 9.99. The second-order valence-electron chi connectivity index (χ2n) is 6.54. The van der Waals surface area contributed by atoms with Gasteiger partial charge in [0.25, 0.3) is 0 Å². The Morgan fingerprint density at radius 3 is 2.55 bits per heavy atom. The SMILES string of the molecule is CN=C(NCCN1CCC(C)CC1)NC1CCC(SC)C1.I. The van der Waals surface area contributed by atoms with Crippen LogP contribution in [0.4, 0.5) is 0 Å². The van der Waals surface area contributed by atoms with Crippen LogP contribution in [0.3, 0.4) is 0 Å². The van der Waals surface area contributed by atoms with E-state index < -0.39 is 0 Å². The molecular weight excluding hydrogens is 407 g/mol. The molecule has 1 aliphatic heterocycles. The van der Waals surface area contributed by atoms with Gasteiger partial charge in [0, 0.05) is 31.4 Å². The first kappa shape index (κ1) is 20.4. The van der Waals surface area contributed by atoms with Crippen molar-refractivity contribution in [2.24, 2.45) is 10.9 Å². The van der Waals surface area contributed by atoms with Crippen molar-refractivity contribution in [3.8, 4) is 0 Å². The van der Waals surface area contributed by atoms with Crippen molar-refractivity contribution < 1.29 is 0 Å². The van der Waals surface area contributed by atoms with Crippen LogP contribution in [-0.2, 0) is 0 Å². The highest BCUT2D eigenvalue weighted by atomic mass is 127. The summed E-state index contributed by atoms with van der Waals surface area (Å²) < 4.78 is 0. The van der Waals surface area contributed by atoms with E-state index in [-0.39, 0.29) is 24.0 Å². The summed E-state index contributed by atoms with van der Waals surface area (Å²) in [4.78, 5) is 6.94. The number of guanidine groups is 1. The van der Waals surface area contributed by atoms with Gasteiger partial charge in [-0.1, -0.05) is 6.92 Å². The van der Waals surface area contributed by atoms with E-state index >= 15 is 0 Å². The average Bonchev–Trinajstić information content (AvgIpc) is 2.96. The lowest BCUT2D eigenvalue weighted by Crippen LogP contribution is -2.46. The number of rotatable bonds is 5. The number of piperidine rings is 1. The number of nitrogens with one attached hydrogen (secondary N) is 2. The molecule has 0 bridgehead atoms. The average molecular weight is 440 g/mol. The first-order valence-electron chi connectivity index (χ1n) is 8.43. The number of aliphatic imine (C=N–C) groups is 1. The Kier molecular flexibility index (Phi) is 10.1. The summed E-state index contributed by atoms with van der Waals surface area (Å²) in [5.74, 6) is 1.89. The van der Waals surface area contributed by atoms with E-state index in [4.69, 9.17) is 0 Å². The number of thioether (sulfide) groups is 1. The highest BCUT2D eigenvalue weighted by molar-refractivity contribution is 14.0. The van der Waals surface area contributed by atoms with Crippen LogP contribution < -0.4 is 10.6 Å². The van der Waals surface area contributed by atoms with Crippen molar-refractivity contribution >= 4 is 41.7 Å². The molecule has 130 valence electrons. The number of likely N-dealkylation sites (tertiary alicyclic amines) is 1. The summed E-state index contributed by atoms with van der Waals surface area (Å²) in [5, 5.41) is 7.89. The van der Waals surface area contributed by atoms with Crippen molar-refractivity contribution in [3.63, 3.8) is 0 Å². The summed E-state index contributed by atoms with van der Waals surface area (Å²) in [6, 6.07) is 0.601. The van der Waals surface area contributed by atoms with Gasteiger partial charge in [-0.15, -0.1) is 24.0 Å². The van der Waals surface area contributed by atoms with Gasteiger partial charge in [-0.05, 0) is 57.4 Å². The molecule has 2 fully saturated rings. The predicted molar refractivity (Wildman–Crippen MR) is 110 cm³/mol. The van der Waals surface area contributed by atoms with Gasteiger partial charge in [-0.2, -0.15) is 11.8 Å². The standard InChI is InChI=1S/C16H32N4S.HI/c1-13-6-9-20(10-7-13)11-8-18-16(17-2)19-14-4-5-15(12-14)21-3;/h13-15H,4-12H2,1-3H3,(H2,17,18,19);1H. The Morgan fingerprint density at radius 2 is 1.95 bits per heavy atom. The summed E-state index contributed by atoms with van der Waals surface area (Å²) >= 11 is 2.00. The molecule has 4 nitrogen and oxygen atoms in total. The third-order valence-corrected chi connectivity index (χ3v) is 5.97. The normalized spacial score (nSPS) is 27.5. The van der Waals surface area contributed by atoms with Crippen LogP contribution >= 0.6 is 35.7 Å². The maximum atomic E-state index is 4.37. The van der Waals surface area contributed by atoms with Gasteiger partial charge in [0.2, 0.25) is 0 Å². The zero-order valence-electron chi connectivity index (χ0n) is 14.3. The van der Waals surface area contributed by atoms with Crippen LogP contribution in [0.25, 0.3) is 0 Å². The van der Waals surface area contributed by atoms with Gasteiger partial charge in [0.05, 0.1) is 0 Å². The van der Waals surface area contributed by atoms with Gasteiger partial charge in [-0.3, -0.25) is 4.99 Å². The molecule has 0 amide bonds. The van der Waals surface area contributed by atoms with Crippen LogP contribution in [0.1, 0.15) is 39.0 Å². The maximum Gasteiger partial charge on any atom is 0.191 e. The van der Waals surface area contributed by atoms with E-state index in [1.54, 1.807) is 0 Å². The highest BCUT2D eigenvalue weighted by Gasteiger charge is 2.24. The third kappa shape index (κ3) is 6.83. The quantitative estimate of drug-likeness (QED) is 0.392. The molecule has 1 heterocycles. The Balaban J connectivity index is 0.00000242. The maximum absolute atomic E-state index is 4.37. The molecule has 0 aromatic heterocycles. The molecule has 1 saturated heterocycles. The molecule has 2 unspecified atom stereocenters. The second-order valence-corrected chi connectivity index (χ2v) is 7.67. The Bertz CT molecular complexity index is 332. The highest BCUT2D eigenvalue weighted by Crippen LogP contribution is 2.27. The Labute approximate surface area is 157 Å². The predicted octanol–water partition coefficient (Wildman–Crippen LogP) is 2.79. The lowest BCUT2D eigenvalue weighted by Gasteiger charge is -2.30. The molecular formula is C16H33IN4S. The lowest BCUT2D eigenvalue weighted by molar-refractivity contribution is 0.195. The molecule has 2 N–H and O–H groups in total. The Morgan fingerprint density at radius 1 is 1.23 bits per heavy atom. The molecule has 2 aliphatic rings. The Hall–Kier alpha value is 0.310. The number of halogens is 1. The zero-order chi connectivity index (χ0) is 15.1. The fourth-order valence-electron chi connectivity index (χ4n) is 3.29. The van der Waals surface area contributed by atoms with Crippen LogP contribution in [0, 0.1) is 5.92 Å². The second kappa shape index (κ2) is 11.0. The largest absolute Gasteiger partial charge is 0.355 e. The molecule has 1 saturated carbocycles. The van der Waals surface area contributed by atoms with Crippen molar-refractivity contribution in [1.29, 1.82) is 0 Å². The smallest absolute Gasteiger partial charge is 0.191 e. The fraction of sp³-hybridized carbons (Fsp3) is 0.938. The van der Waals surface area contributed by atoms with Crippen LogP contribution in [-0.4, -0.2) is 61.6 Å². The van der Waals surface area contributed by atoms with E-state index in [0.717, 1.165) is 30.2 Å². The molecule has 0 radical (unpaired) electrons. The molecule has 22 heavy (non-hydrogen) atoms. The third-order valence-electron chi connectivity index (χ3n) is 4.88. The number of hydrogen-bond acceptors (Lipinski definition) is 3. The van der Waals surface area contributed by atoms with Crippen LogP contribution in [0.15, 0.2) is 4.99 Å². The van der Waals surface area contributed by atoms with E-state index in [2.05, 4.69) is 33.7 Å². The minimum atomic E-state index is 0. The number of hydrogen-bond donors (Lipinski definition) is 2. The molecule has 1 aliphatic carbocycles. The van der Waals surface area contributed by atoms with Crippen LogP contribution in [0.2, 0.25) is 0 Å². The van der Waals surface area contributed by atoms with Gasteiger partial charge in [0.15, 0.2) is 5.96 Å². The summed E-state index contributed by atoms with van der Waals surface area (Å²) in [5.41, 5.74) is 0. The van der Waals surface area contributed by atoms with Gasteiger partial charge in [0.1, 0.15) is 0 Å². The van der Waals surface area contributed by atoms with Crippen molar-refractivity contribution in [2.45, 2.75) is 50.3 Å². The van der Waals surface area contributed by atoms with E-state index in [1.807, 2.05) is 18.8 Å².